The summed E-state index contributed by atoms with van der Waals surface area (Å²) in [6, 6.07) is 13.8. The first-order valence-electron chi connectivity index (χ1n) is 11.6. The topological polar surface area (TPSA) is 68.8 Å². The van der Waals surface area contributed by atoms with Crippen LogP contribution in [0.25, 0.3) is 10.9 Å². The van der Waals surface area contributed by atoms with Crippen molar-refractivity contribution in [3.63, 3.8) is 0 Å². The minimum Gasteiger partial charge on any atom is -0.497 e. The molecule has 1 saturated heterocycles. The highest BCUT2D eigenvalue weighted by Crippen LogP contribution is 2.50. The minimum absolute atomic E-state index is 0.00219. The summed E-state index contributed by atoms with van der Waals surface area (Å²) in [7, 11) is 1.67. The van der Waals surface area contributed by atoms with Gasteiger partial charge in [0.1, 0.15) is 5.75 Å². The first-order valence-corrected chi connectivity index (χ1v) is 12.0. The Balaban J connectivity index is 1.43. The highest BCUT2D eigenvalue weighted by molar-refractivity contribution is 6.31. The molecule has 3 aromatic rings. The second-order valence-corrected chi connectivity index (χ2v) is 10.2. The van der Waals surface area contributed by atoms with Gasteiger partial charge in [0.2, 0.25) is 5.91 Å². The number of nitrogens with one attached hydrogen (secondary N) is 1. The normalized spacial score (nSPS) is 21.8. The van der Waals surface area contributed by atoms with Gasteiger partial charge < -0.3 is 19.7 Å². The number of aliphatic hydroxyl groups is 1. The predicted molar refractivity (Wildman–Crippen MR) is 128 cm³/mol. The molecule has 172 valence electrons. The number of ether oxygens (including phenoxy) is 1. The van der Waals surface area contributed by atoms with Crippen molar-refractivity contribution in [3.8, 4) is 5.75 Å². The summed E-state index contributed by atoms with van der Waals surface area (Å²) in [6.45, 7) is 2.84. The third-order valence-electron chi connectivity index (χ3n) is 7.57. The summed E-state index contributed by atoms with van der Waals surface area (Å²) < 4.78 is 5.45. The average Bonchev–Trinajstić information content (AvgIpc) is 3.58. The maximum absolute atomic E-state index is 12.8. The molecule has 1 atom stereocenters. The van der Waals surface area contributed by atoms with E-state index in [1.54, 1.807) is 7.11 Å². The van der Waals surface area contributed by atoms with Crippen LogP contribution in [-0.2, 0) is 16.8 Å². The third kappa shape index (κ3) is 3.35. The molecule has 1 spiro atoms. The van der Waals surface area contributed by atoms with Crippen molar-refractivity contribution in [2.24, 2.45) is 5.92 Å². The van der Waals surface area contributed by atoms with Crippen molar-refractivity contribution in [2.75, 3.05) is 33.4 Å². The maximum Gasteiger partial charge on any atom is 0.225 e. The molecule has 2 aliphatic heterocycles. The van der Waals surface area contributed by atoms with E-state index in [1.807, 2.05) is 41.3 Å². The highest BCUT2D eigenvalue weighted by atomic mass is 35.5. The highest BCUT2D eigenvalue weighted by Gasteiger charge is 2.55. The van der Waals surface area contributed by atoms with Crippen LogP contribution in [0.2, 0.25) is 5.02 Å². The van der Waals surface area contributed by atoms with Gasteiger partial charge in [-0.25, -0.2) is 0 Å². The van der Waals surface area contributed by atoms with Gasteiger partial charge in [0.25, 0.3) is 0 Å². The van der Waals surface area contributed by atoms with E-state index in [2.05, 4.69) is 16.0 Å². The Morgan fingerprint density at radius 1 is 1.21 bits per heavy atom. The molecule has 0 unspecified atom stereocenters. The number of aromatic amines is 1. The van der Waals surface area contributed by atoms with Gasteiger partial charge in [0, 0.05) is 65.2 Å². The Kier molecular flexibility index (Phi) is 4.94. The molecule has 33 heavy (non-hydrogen) atoms. The lowest BCUT2D eigenvalue weighted by atomic mass is 9.68. The van der Waals surface area contributed by atoms with Gasteiger partial charge >= 0.3 is 0 Å². The molecular weight excluding hydrogens is 438 g/mol. The Labute approximate surface area is 198 Å². The third-order valence-corrected chi connectivity index (χ3v) is 7.94. The Bertz CT molecular complexity index is 1230. The lowest BCUT2D eigenvalue weighted by Gasteiger charge is -2.56. The molecule has 1 aromatic heterocycles. The van der Waals surface area contributed by atoms with Crippen LogP contribution in [0.4, 0.5) is 0 Å². The molecule has 2 aromatic carbocycles. The van der Waals surface area contributed by atoms with Gasteiger partial charge in [-0.05, 0) is 42.2 Å². The van der Waals surface area contributed by atoms with Crippen LogP contribution in [0.3, 0.4) is 0 Å². The molecule has 0 radical (unpaired) electrons. The number of carbonyl (C=O) groups excluding carboxylic acids is 1. The summed E-state index contributed by atoms with van der Waals surface area (Å²) in [5, 5.41) is 12.4. The summed E-state index contributed by atoms with van der Waals surface area (Å²) in [5.41, 5.74) is 4.16. The molecule has 1 amide bonds. The lowest BCUT2D eigenvalue weighted by molar-refractivity contribution is -0.142. The molecule has 6 nitrogen and oxygen atoms in total. The molecule has 3 aliphatic rings. The largest absolute Gasteiger partial charge is 0.497 e. The number of methoxy groups -OCH3 is 1. The van der Waals surface area contributed by atoms with Gasteiger partial charge in [-0.1, -0.05) is 29.8 Å². The van der Waals surface area contributed by atoms with E-state index < -0.39 is 0 Å². The van der Waals surface area contributed by atoms with Crippen LogP contribution >= 0.6 is 11.6 Å². The zero-order chi connectivity index (χ0) is 22.7. The number of carbonyl (C=O) groups is 1. The minimum atomic E-state index is -0.173. The quantitative estimate of drug-likeness (QED) is 0.600. The van der Waals surface area contributed by atoms with Crippen LogP contribution in [0.15, 0.2) is 42.5 Å². The van der Waals surface area contributed by atoms with Crippen molar-refractivity contribution in [1.82, 2.24) is 14.8 Å². The zero-order valence-corrected chi connectivity index (χ0v) is 19.4. The van der Waals surface area contributed by atoms with E-state index in [1.165, 1.54) is 5.56 Å². The smallest absolute Gasteiger partial charge is 0.225 e. The maximum atomic E-state index is 12.8. The van der Waals surface area contributed by atoms with Crippen molar-refractivity contribution >= 4 is 28.4 Å². The number of aromatic nitrogens is 1. The number of hydrogen-bond acceptors (Lipinski definition) is 4. The number of rotatable bonds is 5. The van der Waals surface area contributed by atoms with E-state index in [-0.39, 0.29) is 24.0 Å². The average molecular weight is 466 g/mol. The SMILES string of the molecule is COc1ccc2c3c([nH]c2c1)[C@H](CO)N(Cc1ccccc1Cl)CC31CN(C(=O)C2CC2)C1. The van der Waals surface area contributed by atoms with Crippen molar-refractivity contribution in [2.45, 2.75) is 30.8 Å². The fourth-order valence-corrected chi connectivity index (χ4v) is 6.01. The summed E-state index contributed by atoms with van der Waals surface area (Å²) in [6.07, 6.45) is 2.04. The number of likely N-dealkylation sites (tertiary alicyclic amines) is 1. The van der Waals surface area contributed by atoms with Crippen LogP contribution in [-0.4, -0.2) is 59.1 Å². The van der Waals surface area contributed by atoms with E-state index in [9.17, 15) is 9.90 Å². The van der Waals surface area contributed by atoms with E-state index in [0.29, 0.717) is 25.5 Å². The number of H-pyrrole nitrogens is 1. The van der Waals surface area contributed by atoms with Gasteiger partial charge in [-0.3, -0.25) is 9.69 Å². The van der Waals surface area contributed by atoms with E-state index in [4.69, 9.17) is 16.3 Å². The van der Waals surface area contributed by atoms with Crippen LogP contribution in [0, 0.1) is 5.92 Å². The number of nitrogens with zero attached hydrogens (tertiary/aromatic N) is 2. The molecule has 2 fully saturated rings. The molecule has 2 N–H and O–H groups in total. The van der Waals surface area contributed by atoms with Crippen LogP contribution in [0.5, 0.6) is 5.75 Å². The zero-order valence-electron chi connectivity index (χ0n) is 18.7. The number of halogens is 1. The van der Waals surface area contributed by atoms with Crippen molar-refractivity contribution < 1.29 is 14.6 Å². The summed E-state index contributed by atoms with van der Waals surface area (Å²) in [5.74, 6) is 1.32. The Hall–Kier alpha value is -2.54. The number of hydrogen-bond donors (Lipinski definition) is 2. The number of amides is 1. The first kappa shape index (κ1) is 21.0. The number of aliphatic hydroxyl groups excluding tert-OH is 1. The van der Waals surface area contributed by atoms with Crippen molar-refractivity contribution in [1.29, 1.82) is 0 Å². The number of benzene rings is 2. The van der Waals surface area contributed by atoms with Crippen molar-refractivity contribution in [3.05, 3.63) is 64.3 Å². The number of fused-ring (bicyclic) bond motifs is 4. The Morgan fingerprint density at radius 2 is 2.00 bits per heavy atom. The fraction of sp³-hybridized carbons (Fsp3) is 0.423. The predicted octanol–water partition coefficient (Wildman–Crippen LogP) is 3.87. The van der Waals surface area contributed by atoms with Gasteiger partial charge in [0.15, 0.2) is 0 Å². The van der Waals surface area contributed by atoms with E-state index >= 15 is 0 Å². The second kappa shape index (κ2) is 7.76. The monoisotopic (exact) mass is 465 g/mol. The first-order chi connectivity index (χ1) is 16.0. The Morgan fingerprint density at radius 3 is 2.70 bits per heavy atom. The van der Waals surface area contributed by atoms with Gasteiger partial charge in [-0.2, -0.15) is 0 Å². The standard InChI is InChI=1S/C26H28ClN3O3/c1-33-18-8-9-19-21(10-18)28-24-22(12-31)29(11-17-4-2-3-5-20(17)27)13-26(23(19)24)14-30(15-26)25(32)16-6-7-16/h2-5,8-10,16,22,28,31H,6-7,11-15H2,1H3/t22-/m0/s1. The second-order valence-electron chi connectivity index (χ2n) is 9.77. The molecule has 1 saturated carbocycles. The van der Waals surface area contributed by atoms with Crippen LogP contribution in [0.1, 0.15) is 35.7 Å². The molecule has 6 rings (SSSR count). The molecule has 3 heterocycles. The molecule has 7 heteroatoms. The summed E-state index contributed by atoms with van der Waals surface area (Å²) in [4.78, 5) is 20.7. The molecule has 0 bridgehead atoms. The molecular formula is C26H28ClN3O3. The van der Waals surface area contributed by atoms with Gasteiger partial charge in [0.05, 0.1) is 19.8 Å². The summed E-state index contributed by atoms with van der Waals surface area (Å²) >= 11 is 6.49. The van der Waals surface area contributed by atoms with Gasteiger partial charge in [-0.15, -0.1) is 0 Å². The van der Waals surface area contributed by atoms with E-state index in [0.717, 1.165) is 52.3 Å². The fourth-order valence-electron chi connectivity index (χ4n) is 5.81. The van der Waals surface area contributed by atoms with Crippen LogP contribution < -0.4 is 4.74 Å². The lowest BCUT2D eigenvalue weighted by Crippen LogP contribution is -2.67. The molecule has 1 aliphatic carbocycles.